The Kier molecular flexibility index (Phi) is 7.86. The molecule has 0 saturated carbocycles. The van der Waals surface area contributed by atoms with Crippen LogP contribution in [0.5, 0.6) is 0 Å². The van der Waals surface area contributed by atoms with Crippen LogP contribution in [0.3, 0.4) is 0 Å². The molecule has 0 aliphatic carbocycles. The summed E-state index contributed by atoms with van der Waals surface area (Å²) in [5.41, 5.74) is 2.84. The van der Waals surface area contributed by atoms with Gasteiger partial charge >= 0.3 is 0 Å². The van der Waals surface area contributed by atoms with E-state index in [1.54, 1.807) is 0 Å². The lowest BCUT2D eigenvalue weighted by atomic mass is 10.1. The van der Waals surface area contributed by atoms with Crippen molar-refractivity contribution in [1.82, 2.24) is 10.2 Å². The SMILES string of the molecule is CCC(CC)N(C)Cc1ccc(CCNC(C)C)cc1. The molecule has 0 bridgehead atoms. The minimum absolute atomic E-state index is 0.572. The lowest BCUT2D eigenvalue weighted by molar-refractivity contribution is 0.222. The molecule has 1 aromatic carbocycles. The summed E-state index contributed by atoms with van der Waals surface area (Å²) < 4.78 is 0. The lowest BCUT2D eigenvalue weighted by Crippen LogP contribution is -2.29. The second-order valence-electron chi connectivity index (χ2n) is 6.06. The zero-order chi connectivity index (χ0) is 15.0. The predicted octanol–water partition coefficient (Wildman–Crippen LogP) is 3.85. The third-order valence-electron chi connectivity index (χ3n) is 3.99. The maximum Gasteiger partial charge on any atom is 0.0233 e. The van der Waals surface area contributed by atoms with Gasteiger partial charge in [0.05, 0.1) is 0 Å². The molecule has 0 spiro atoms. The van der Waals surface area contributed by atoms with E-state index in [-0.39, 0.29) is 0 Å². The Hall–Kier alpha value is -0.860. The van der Waals surface area contributed by atoms with Crippen molar-refractivity contribution in [3.8, 4) is 0 Å². The van der Waals surface area contributed by atoms with Crippen LogP contribution in [0, 0.1) is 0 Å². The van der Waals surface area contributed by atoms with Gasteiger partial charge in [-0.3, -0.25) is 4.90 Å². The minimum atomic E-state index is 0.572. The Morgan fingerprint density at radius 2 is 1.55 bits per heavy atom. The highest BCUT2D eigenvalue weighted by atomic mass is 15.1. The fraction of sp³-hybridized carbons (Fsp3) is 0.667. The Labute approximate surface area is 125 Å². The second kappa shape index (κ2) is 9.15. The molecule has 114 valence electrons. The van der Waals surface area contributed by atoms with Gasteiger partial charge in [0, 0.05) is 18.6 Å². The fourth-order valence-corrected chi connectivity index (χ4v) is 2.65. The third-order valence-corrected chi connectivity index (χ3v) is 3.99. The summed E-state index contributed by atoms with van der Waals surface area (Å²) >= 11 is 0. The van der Waals surface area contributed by atoms with Crippen LogP contribution >= 0.6 is 0 Å². The van der Waals surface area contributed by atoms with E-state index in [4.69, 9.17) is 0 Å². The van der Waals surface area contributed by atoms with Gasteiger partial charge in [-0.05, 0) is 44.0 Å². The zero-order valence-electron chi connectivity index (χ0n) is 13.9. The summed E-state index contributed by atoms with van der Waals surface area (Å²) in [5.74, 6) is 0. The van der Waals surface area contributed by atoms with Crippen LogP contribution in [0.4, 0.5) is 0 Å². The van der Waals surface area contributed by atoms with Gasteiger partial charge in [0.15, 0.2) is 0 Å². The van der Waals surface area contributed by atoms with Crippen LogP contribution in [0.1, 0.15) is 51.7 Å². The first-order valence-corrected chi connectivity index (χ1v) is 8.08. The summed E-state index contributed by atoms with van der Waals surface area (Å²) in [6.45, 7) is 11.0. The molecule has 0 fully saturated rings. The molecule has 0 aliphatic rings. The van der Waals surface area contributed by atoms with Crippen LogP contribution < -0.4 is 5.32 Å². The van der Waals surface area contributed by atoms with Gasteiger partial charge < -0.3 is 5.32 Å². The molecule has 1 aromatic rings. The van der Waals surface area contributed by atoms with Gasteiger partial charge in [0.2, 0.25) is 0 Å². The molecule has 0 aromatic heterocycles. The smallest absolute Gasteiger partial charge is 0.0233 e. The molecule has 2 heteroatoms. The van der Waals surface area contributed by atoms with Crippen molar-refractivity contribution in [3.63, 3.8) is 0 Å². The Bertz CT molecular complexity index is 352. The van der Waals surface area contributed by atoms with E-state index in [0.29, 0.717) is 12.1 Å². The van der Waals surface area contributed by atoms with Gasteiger partial charge in [0.25, 0.3) is 0 Å². The number of benzene rings is 1. The van der Waals surface area contributed by atoms with E-state index < -0.39 is 0 Å². The number of nitrogens with one attached hydrogen (secondary N) is 1. The largest absolute Gasteiger partial charge is 0.314 e. The van der Waals surface area contributed by atoms with E-state index in [2.05, 4.69) is 69.2 Å². The topological polar surface area (TPSA) is 15.3 Å². The first-order valence-electron chi connectivity index (χ1n) is 8.08. The molecule has 0 saturated heterocycles. The quantitative estimate of drug-likeness (QED) is 0.737. The Morgan fingerprint density at radius 1 is 1.00 bits per heavy atom. The second-order valence-corrected chi connectivity index (χ2v) is 6.06. The van der Waals surface area contributed by atoms with Crippen molar-refractivity contribution in [2.75, 3.05) is 13.6 Å². The normalized spacial score (nSPS) is 11.8. The lowest BCUT2D eigenvalue weighted by Gasteiger charge is -2.26. The average molecular weight is 276 g/mol. The molecule has 2 nitrogen and oxygen atoms in total. The zero-order valence-corrected chi connectivity index (χ0v) is 13.9. The van der Waals surface area contributed by atoms with Gasteiger partial charge in [-0.15, -0.1) is 0 Å². The first-order chi connectivity index (χ1) is 9.56. The maximum absolute atomic E-state index is 3.46. The van der Waals surface area contributed by atoms with Gasteiger partial charge in [-0.2, -0.15) is 0 Å². The van der Waals surface area contributed by atoms with Gasteiger partial charge in [-0.1, -0.05) is 52.0 Å². The maximum atomic E-state index is 3.46. The third kappa shape index (κ3) is 6.06. The number of rotatable bonds is 9. The monoisotopic (exact) mass is 276 g/mol. The fourth-order valence-electron chi connectivity index (χ4n) is 2.65. The summed E-state index contributed by atoms with van der Waals surface area (Å²) in [4.78, 5) is 2.47. The number of hydrogen-bond donors (Lipinski definition) is 1. The van der Waals surface area contributed by atoms with Crippen LogP contribution in [0.25, 0.3) is 0 Å². The van der Waals surface area contributed by atoms with Crippen molar-refractivity contribution in [2.45, 2.75) is 65.6 Å². The van der Waals surface area contributed by atoms with Gasteiger partial charge in [-0.25, -0.2) is 0 Å². The van der Waals surface area contributed by atoms with E-state index in [1.807, 2.05) is 0 Å². The first kappa shape index (κ1) is 17.2. The van der Waals surface area contributed by atoms with Gasteiger partial charge in [0.1, 0.15) is 0 Å². The summed E-state index contributed by atoms with van der Waals surface area (Å²) in [6.07, 6.45) is 3.57. The van der Waals surface area contributed by atoms with Crippen molar-refractivity contribution in [1.29, 1.82) is 0 Å². The number of nitrogens with zero attached hydrogens (tertiary/aromatic N) is 1. The molecular weight excluding hydrogens is 244 g/mol. The summed E-state index contributed by atoms with van der Waals surface area (Å²) in [7, 11) is 2.23. The van der Waals surface area contributed by atoms with Crippen molar-refractivity contribution in [3.05, 3.63) is 35.4 Å². The summed E-state index contributed by atoms with van der Waals surface area (Å²) in [5, 5.41) is 3.46. The number of hydrogen-bond acceptors (Lipinski definition) is 2. The molecule has 1 rings (SSSR count). The van der Waals surface area contributed by atoms with E-state index in [9.17, 15) is 0 Å². The molecule has 1 N–H and O–H groups in total. The Morgan fingerprint density at radius 3 is 2.05 bits per heavy atom. The van der Waals surface area contributed by atoms with Crippen molar-refractivity contribution >= 4 is 0 Å². The molecule has 0 atom stereocenters. The molecule has 0 radical (unpaired) electrons. The minimum Gasteiger partial charge on any atom is -0.314 e. The molecule has 20 heavy (non-hydrogen) atoms. The molecule has 0 aliphatic heterocycles. The van der Waals surface area contributed by atoms with Crippen LogP contribution in [0.2, 0.25) is 0 Å². The van der Waals surface area contributed by atoms with E-state index >= 15 is 0 Å². The molecule has 0 amide bonds. The van der Waals surface area contributed by atoms with Crippen LogP contribution in [-0.4, -0.2) is 30.6 Å². The Balaban J connectivity index is 2.45. The predicted molar refractivity (Wildman–Crippen MR) is 89.1 cm³/mol. The van der Waals surface area contributed by atoms with Crippen molar-refractivity contribution < 1.29 is 0 Å². The van der Waals surface area contributed by atoms with Crippen LogP contribution in [-0.2, 0) is 13.0 Å². The van der Waals surface area contributed by atoms with Crippen molar-refractivity contribution in [2.24, 2.45) is 0 Å². The molecule has 0 heterocycles. The average Bonchev–Trinajstić information content (AvgIpc) is 2.42. The standard InChI is InChI=1S/C18H32N2/c1-6-18(7-2)20(5)14-17-10-8-16(9-11-17)12-13-19-15(3)4/h8-11,15,18-19H,6-7,12-14H2,1-5H3. The molecule has 0 unspecified atom stereocenters. The van der Waals surface area contributed by atoms with E-state index in [0.717, 1.165) is 19.5 Å². The highest BCUT2D eigenvalue weighted by Gasteiger charge is 2.10. The summed E-state index contributed by atoms with van der Waals surface area (Å²) in [6, 6.07) is 10.4. The molecular formula is C18H32N2. The highest BCUT2D eigenvalue weighted by molar-refractivity contribution is 5.22. The van der Waals surface area contributed by atoms with Crippen LogP contribution in [0.15, 0.2) is 24.3 Å². The highest BCUT2D eigenvalue weighted by Crippen LogP contribution is 2.12. The van der Waals surface area contributed by atoms with E-state index in [1.165, 1.54) is 24.0 Å².